The van der Waals surface area contributed by atoms with Gasteiger partial charge in [0.2, 0.25) is 0 Å². The molecule has 1 aromatic heterocycles. The average Bonchev–Trinajstić information content (AvgIpc) is 2.46. The fraction of sp³-hybridized carbons (Fsp3) is 0.333. The maximum Gasteiger partial charge on any atom is 0.162 e. The first-order valence-electron chi connectivity index (χ1n) is 6.72. The van der Waals surface area contributed by atoms with Crippen LogP contribution in [0.15, 0.2) is 22.7 Å². The molecular weight excluding hydrogens is 321 g/mol. The molecule has 0 saturated carbocycles. The summed E-state index contributed by atoms with van der Waals surface area (Å²) in [4.78, 5) is 9.27. The van der Waals surface area contributed by atoms with Gasteiger partial charge < -0.3 is 5.32 Å². The molecule has 2 aromatic rings. The number of anilines is 1. The van der Waals surface area contributed by atoms with Crippen LogP contribution < -0.4 is 5.32 Å². The van der Waals surface area contributed by atoms with Crippen LogP contribution in [0.4, 0.5) is 10.2 Å². The first-order chi connectivity index (χ1) is 9.69. The Labute approximate surface area is 125 Å². The predicted molar refractivity (Wildman–Crippen MR) is 81.3 cm³/mol. The molecule has 104 valence electrons. The lowest BCUT2D eigenvalue weighted by atomic mass is 9.96. The van der Waals surface area contributed by atoms with Gasteiger partial charge in [-0.25, -0.2) is 14.4 Å². The summed E-state index contributed by atoms with van der Waals surface area (Å²) in [5, 5.41) is 3.16. The Morgan fingerprint density at radius 1 is 1.20 bits per heavy atom. The lowest BCUT2D eigenvalue weighted by molar-refractivity contribution is 0.627. The maximum atomic E-state index is 13.2. The van der Waals surface area contributed by atoms with Crippen LogP contribution in [0.1, 0.15) is 24.1 Å². The maximum absolute atomic E-state index is 13.2. The lowest BCUT2D eigenvalue weighted by Gasteiger charge is -2.19. The van der Waals surface area contributed by atoms with Gasteiger partial charge in [-0.1, -0.05) is 0 Å². The van der Waals surface area contributed by atoms with Crippen LogP contribution in [0.2, 0.25) is 0 Å². The van der Waals surface area contributed by atoms with Gasteiger partial charge in [0.15, 0.2) is 5.82 Å². The van der Waals surface area contributed by atoms with E-state index in [0.29, 0.717) is 10.3 Å². The Hall–Kier alpha value is -1.49. The van der Waals surface area contributed by atoms with Crippen LogP contribution in [0.3, 0.4) is 0 Å². The second kappa shape index (κ2) is 5.48. The van der Waals surface area contributed by atoms with Crippen LogP contribution in [-0.4, -0.2) is 17.0 Å². The van der Waals surface area contributed by atoms with E-state index in [2.05, 4.69) is 31.2 Å². The van der Waals surface area contributed by atoms with E-state index in [1.54, 1.807) is 6.07 Å². The summed E-state index contributed by atoms with van der Waals surface area (Å²) in [7, 11) is 1.88. The van der Waals surface area contributed by atoms with Crippen LogP contribution in [-0.2, 0) is 12.8 Å². The average molecular weight is 336 g/mol. The molecule has 1 aromatic carbocycles. The molecule has 0 atom stereocenters. The SMILES string of the molecule is CNc1nc(-c2ccc(F)cc2Br)nc2c1CCCC2. The highest BCUT2D eigenvalue weighted by atomic mass is 79.9. The number of benzene rings is 1. The number of aromatic nitrogens is 2. The fourth-order valence-electron chi connectivity index (χ4n) is 2.59. The number of hydrogen-bond donors (Lipinski definition) is 1. The van der Waals surface area contributed by atoms with Crippen molar-refractivity contribution >= 4 is 21.7 Å². The number of halogens is 2. The minimum Gasteiger partial charge on any atom is -0.373 e. The number of hydrogen-bond acceptors (Lipinski definition) is 3. The fourth-order valence-corrected chi connectivity index (χ4v) is 3.12. The Bertz CT molecular complexity index is 641. The summed E-state index contributed by atoms with van der Waals surface area (Å²) in [5.74, 6) is 1.26. The normalized spacial score (nSPS) is 13.9. The van der Waals surface area contributed by atoms with Crippen molar-refractivity contribution in [2.45, 2.75) is 25.7 Å². The van der Waals surface area contributed by atoms with Crippen molar-refractivity contribution in [1.82, 2.24) is 9.97 Å². The number of fused-ring (bicyclic) bond motifs is 1. The lowest BCUT2D eigenvalue weighted by Crippen LogP contribution is -2.12. The Balaban J connectivity index is 2.14. The van der Waals surface area contributed by atoms with Crippen molar-refractivity contribution in [2.75, 3.05) is 12.4 Å². The standard InChI is InChI=1S/C15H15BrFN3/c1-18-14-11-4-2-3-5-13(11)19-15(20-14)10-7-6-9(17)8-12(10)16/h6-8H,2-5H2,1H3,(H,18,19,20). The molecule has 0 saturated heterocycles. The molecule has 20 heavy (non-hydrogen) atoms. The van der Waals surface area contributed by atoms with E-state index in [9.17, 15) is 4.39 Å². The van der Waals surface area contributed by atoms with E-state index in [4.69, 9.17) is 0 Å². The molecule has 5 heteroatoms. The smallest absolute Gasteiger partial charge is 0.162 e. The first kappa shape index (κ1) is 13.5. The van der Waals surface area contributed by atoms with Gasteiger partial charge in [-0.3, -0.25) is 0 Å². The number of nitrogens with zero attached hydrogens (tertiary/aromatic N) is 2. The third-order valence-electron chi connectivity index (χ3n) is 3.59. The second-order valence-electron chi connectivity index (χ2n) is 4.90. The molecular formula is C15H15BrFN3. The zero-order valence-corrected chi connectivity index (χ0v) is 12.8. The summed E-state index contributed by atoms with van der Waals surface area (Å²) in [6.45, 7) is 0. The molecule has 0 bridgehead atoms. The monoisotopic (exact) mass is 335 g/mol. The van der Waals surface area contributed by atoms with Gasteiger partial charge in [0.25, 0.3) is 0 Å². The van der Waals surface area contributed by atoms with Crippen molar-refractivity contribution in [3.05, 3.63) is 39.7 Å². The third kappa shape index (κ3) is 2.42. The summed E-state index contributed by atoms with van der Waals surface area (Å²) < 4.78 is 13.9. The predicted octanol–water partition coefficient (Wildman–Crippen LogP) is 3.97. The zero-order valence-electron chi connectivity index (χ0n) is 11.2. The highest BCUT2D eigenvalue weighted by Gasteiger charge is 2.18. The van der Waals surface area contributed by atoms with Crippen molar-refractivity contribution in [1.29, 1.82) is 0 Å². The van der Waals surface area contributed by atoms with Crippen molar-refractivity contribution < 1.29 is 4.39 Å². The van der Waals surface area contributed by atoms with Gasteiger partial charge in [-0.05, 0) is 59.8 Å². The molecule has 0 radical (unpaired) electrons. The van der Waals surface area contributed by atoms with Gasteiger partial charge in [-0.2, -0.15) is 0 Å². The third-order valence-corrected chi connectivity index (χ3v) is 4.25. The summed E-state index contributed by atoms with van der Waals surface area (Å²) in [6.07, 6.45) is 4.36. The molecule has 0 amide bonds. The van der Waals surface area contributed by atoms with Crippen LogP contribution in [0.5, 0.6) is 0 Å². The number of aryl methyl sites for hydroxylation is 1. The molecule has 0 unspecified atom stereocenters. The molecule has 0 aliphatic heterocycles. The first-order valence-corrected chi connectivity index (χ1v) is 7.51. The van der Waals surface area contributed by atoms with Crippen molar-refractivity contribution in [2.24, 2.45) is 0 Å². The van der Waals surface area contributed by atoms with Gasteiger partial charge in [0.1, 0.15) is 11.6 Å². The zero-order chi connectivity index (χ0) is 14.1. The van der Waals surface area contributed by atoms with Crippen molar-refractivity contribution in [3.8, 4) is 11.4 Å². The van der Waals surface area contributed by atoms with Gasteiger partial charge in [-0.15, -0.1) is 0 Å². The van der Waals surface area contributed by atoms with Gasteiger partial charge in [0.05, 0.1) is 0 Å². The molecule has 3 nitrogen and oxygen atoms in total. The van der Waals surface area contributed by atoms with Gasteiger partial charge >= 0.3 is 0 Å². The highest BCUT2D eigenvalue weighted by molar-refractivity contribution is 9.10. The molecule has 1 aliphatic rings. The minimum atomic E-state index is -0.271. The van der Waals surface area contributed by atoms with Crippen LogP contribution in [0.25, 0.3) is 11.4 Å². The highest BCUT2D eigenvalue weighted by Crippen LogP contribution is 2.31. The second-order valence-corrected chi connectivity index (χ2v) is 5.76. The van der Waals surface area contributed by atoms with E-state index in [-0.39, 0.29) is 5.82 Å². The Morgan fingerprint density at radius 2 is 2.00 bits per heavy atom. The van der Waals surface area contributed by atoms with E-state index in [1.807, 2.05) is 7.05 Å². The number of nitrogens with one attached hydrogen (secondary N) is 1. The van der Waals surface area contributed by atoms with E-state index in [0.717, 1.165) is 36.3 Å². The molecule has 1 N–H and O–H groups in total. The van der Waals surface area contributed by atoms with E-state index < -0.39 is 0 Å². The van der Waals surface area contributed by atoms with E-state index >= 15 is 0 Å². The van der Waals surface area contributed by atoms with Gasteiger partial charge in [0, 0.05) is 28.3 Å². The topological polar surface area (TPSA) is 37.8 Å². The largest absolute Gasteiger partial charge is 0.373 e. The minimum absolute atomic E-state index is 0.271. The van der Waals surface area contributed by atoms with Crippen LogP contribution in [0, 0.1) is 5.82 Å². The quantitative estimate of drug-likeness (QED) is 0.902. The summed E-state index contributed by atoms with van der Waals surface area (Å²) >= 11 is 3.39. The molecule has 0 fully saturated rings. The Morgan fingerprint density at radius 3 is 2.75 bits per heavy atom. The van der Waals surface area contributed by atoms with Crippen LogP contribution >= 0.6 is 15.9 Å². The molecule has 1 heterocycles. The molecule has 3 rings (SSSR count). The molecule has 0 spiro atoms. The van der Waals surface area contributed by atoms with Crippen molar-refractivity contribution in [3.63, 3.8) is 0 Å². The van der Waals surface area contributed by atoms with E-state index in [1.165, 1.54) is 24.1 Å². The molecule has 1 aliphatic carbocycles. The summed E-state index contributed by atoms with van der Waals surface area (Å²) in [6, 6.07) is 4.59. The summed E-state index contributed by atoms with van der Waals surface area (Å²) in [5.41, 5.74) is 3.15. The number of rotatable bonds is 2. The Kier molecular flexibility index (Phi) is 3.70.